The predicted molar refractivity (Wildman–Crippen MR) is 103 cm³/mol. The second-order valence-electron chi connectivity index (χ2n) is 7.66. The number of nitrogens with one attached hydrogen (secondary N) is 1. The van der Waals surface area contributed by atoms with Crippen LogP contribution < -0.4 is 15.6 Å². The van der Waals surface area contributed by atoms with E-state index in [1.54, 1.807) is 0 Å². The largest absolute Gasteiger partial charge is 0.573 e. The highest BCUT2D eigenvalue weighted by atomic mass is 32.2. The van der Waals surface area contributed by atoms with Gasteiger partial charge in [0.25, 0.3) is 5.56 Å². The van der Waals surface area contributed by atoms with Crippen LogP contribution in [0.25, 0.3) is 0 Å². The monoisotopic (exact) mass is 427 g/mol. The highest BCUT2D eigenvalue weighted by Crippen LogP contribution is 2.32. The molecular weight excluding hydrogens is 407 g/mol. The number of benzene rings is 1. The maximum atomic E-state index is 12.6. The van der Waals surface area contributed by atoms with E-state index in [1.807, 2.05) is 20.8 Å². The first-order valence-corrected chi connectivity index (χ1v) is 9.83. The standard InChI is InChI=1S/C19H20F3N3O3S/c1-18(2,3)14-8-15(26)25-9-11(10-29-17(25)24-14)16(27)23-12-6-4-5-7-13(12)28-19(20,21)22/h4-8,11H,9-10H2,1-3H3,(H,23,27). The number of amides is 1. The number of rotatable bonds is 3. The zero-order valence-electron chi connectivity index (χ0n) is 16.0. The van der Waals surface area contributed by atoms with Gasteiger partial charge in [0.2, 0.25) is 5.91 Å². The van der Waals surface area contributed by atoms with Gasteiger partial charge in [-0.15, -0.1) is 13.2 Å². The lowest BCUT2D eigenvalue weighted by molar-refractivity contribution is -0.274. The predicted octanol–water partition coefficient (Wildman–Crippen LogP) is 3.80. The molecule has 1 aliphatic rings. The first-order chi connectivity index (χ1) is 13.4. The summed E-state index contributed by atoms with van der Waals surface area (Å²) in [7, 11) is 0. The first kappa shape index (κ1) is 21.2. The molecule has 1 amide bonds. The SMILES string of the molecule is CC(C)(C)c1cc(=O)n2c(n1)SCC(C(=O)Nc1ccccc1OC(F)(F)F)C2. The molecule has 29 heavy (non-hydrogen) atoms. The summed E-state index contributed by atoms with van der Waals surface area (Å²) in [5.74, 6) is -1.24. The summed E-state index contributed by atoms with van der Waals surface area (Å²) in [6.07, 6.45) is -4.87. The zero-order chi connectivity index (χ0) is 21.4. The van der Waals surface area contributed by atoms with Crippen molar-refractivity contribution in [2.24, 2.45) is 5.92 Å². The molecule has 156 valence electrons. The van der Waals surface area contributed by atoms with Crippen LogP contribution in [0.5, 0.6) is 5.75 Å². The van der Waals surface area contributed by atoms with Crippen molar-refractivity contribution in [1.82, 2.24) is 9.55 Å². The Morgan fingerprint density at radius 1 is 1.28 bits per heavy atom. The van der Waals surface area contributed by atoms with Gasteiger partial charge in [-0.2, -0.15) is 0 Å². The first-order valence-electron chi connectivity index (χ1n) is 8.85. The number of thioether (sulfide) groups is 1. The molecule has 0 saturated heterocycles. The minimum absolute atomic E-state index is 0.0841. The van der Waals surface area contributed by atoms with Gasteiger partial charge in [0.05, 0.1) is 17.3 Å². The van der Waals surface area contributed by atoms with Crippen molar-refractivity contribution in [2.75, 3.05) is 11.1 Å². The van der Waals surface area contributed by atoms with Crippen LogP contribution in [0, 0.1) is 5.92 Å². The van der Waals surface area contributed by atoms with E-state index in [2.05, 4.69) is 15.0 Å². The van der Waals surface area contributed by atoms with Crippen LogP contribution in [0.2, 0.25) is 0 Å². The second kappa shape index (κ2) is 7.74. The minimum atomic E-state index is -4.87. The van der Waals surface area contributed by atoms with E-state index in [0.717, 1.165) is 6.07 Å². The number of nitrogens with zero attached hydrogens (tertiary/aromatic N) is 2. The maximum absolute atomic E-state index is 12.6. The Morgan fingerprint density at radius 3 is 2.62 bits per heavy atom. The number of fused-ring (bicyclic) bond motifs is 1. The van der Waals surface area contributed by atoms with Crippen LogP contribution in [-0.4, -0.2) is 27.6 Å². The molecule has 1 N–H and O–H groups in total. The highest BCUT2D eigenvalue weighted by Gasteiger charge is 2.33. The number of hydrogen-bond acceptors (Lipinski definition) is 5. The van der Waals surface area contributed by atoms with Crippen molar-refractivity contribution in [2.45, 2.75) is 44.2 Å². The zero-order valence-corrected chi connectivity index (χ0v) is 16.9. The summed E-state index contributed by atoms with van der Waals surface area (Å²) in [4.78, 5) is 29.7. The van der Waals surface area contributed by atoms with Gasteiger partial charge < -0.3 is 10.1 Å². The molecule has 0 spiro atoms. The molecule has 1 atom stereocenters. The Bertz CT molecular complexity index is 983. The molecule has 2 heterocycles. The van der Waals surface area contributed by atoms with Gasteiger partial charge in [-0.25, -0.2) is 4.98 Å². The maximum Gasteiger partial charge on any atom is 0.573 e. The Balaban J connectivity index is 1.78. The van der Waals surface area contributed by atoms with E-state index in [4.69, 9.17) is 0 Å². The van der Waals surface area contributed by atoms with E-state index < -0.39 is 23.9 Å². The van der Waals surface area contributed by atoms with Gasteiger partial charge in [-0.05, 0) is 12.1 Å². The lowest BCUT2D eigenvalue weighted by Crippen LogP contribution is -2.37. The molecule has 1 aromatic carbocycles. The lowest BCUT2D eigenvalue weighted by atomic mass is 9.92. The van der Waals surface area contributed by atoms with Crippen molar-refractivity contribution in [3.63, 3.8) is 0 Å². The number of anilines is 1. The van der Waals surface area contributed by atoms with Crippen LogP contribution in [0.15, 0.2) is 40.3 Å². The van der Waals surface area contributed by atoms with E-state index in [1.165, 1.54) is 40.6 Å². The average Bonchev–Trinajstić information content (AvgIpc) is 2.61. The van der Waals surface area contributed by atoms with Crippen molar-refractivity contribution in [1.29, 1.82) is 0 Å². The van der Waals surface area contributed by atoms with Crippen LogP contribution in [0.4, 0.5) is 18.9 Å². The highest BCUT2D eigenvalue weighted by molar-refractivity contribution is 7.99. The van der Waals surface area contributed by atoms with E-state index in [9.17, 15) is 22.8 Å². The Hall–Kier alpha value is -2.49. The number of carbonyl (C=O) groups excluding carboxylic acids is 1. The number of hydrogen-bond donors (Lipinski definition) is 1. The normalized spacial score (nSPS) is 16.8. The van der Waals surface area contributed by atoms with Crippen molar-refractivity contribution in [3.8, 4) is 5.75 Å². The number of halogens is 3. The van der Waals surface area contributed by atoms with Crippen LogP contribution in [0.3, 0.4) is 0 Å². The third-order valence-corrected chi connectivity index (χ3v) is 5.44. The van der Waals surface area contributed by atoms with Gasteiger partial charge in [0.1, 0.15) is 0 Å². The molecule has 1 aliphatic heterocycles. The molecule has 1 unspecified atom stereocenters. The molecule has 1 aromatic heterocycles. The fraction of sp³-hybridized carbons (Fsp3) is 0.421. The number of alkyl halides is 3. The summed E-state index contributed by atoms with van der Waals surface area (Å²) >= 11 is 1.27. The lowest BCUT2D eigenvalue weighted by Gasteiger charge is -2.26. The number of ether oxygens (including phenoxy) is 1. The summed E-state index contributed by atoms with van der Waals surface area (Å²) in [5, 5.41) is 3.01. The average molecular weight is 427 g/mol. The topological polar surface area (TPSA) is 73.2 Å². The molecule has 0 fully saturated rings. The third-order valence-electron chi connectivity index (χ3n) is 4.30. The van der Waals surface area contributed by atoms with E-state index >= 15 is 0 Å². The molecule has 0 radical (unpaired) electrons. The number of para-hydroxylation sites is 2. The van der Waals surface area contributed by atoms with Crippen molar-refractivity contribution in [3.05, 3.63) is 46.4 Å². The summed E-state index contributed by atoms with van der Waals surface area (Å²) in [6, 6.07) is 6.77. The van der Waals surface area contributed by atoms with Gasteiger partial charge in [-0.3, -0.25) is 14.2 Å². The van der Waals surface area contributed by atoms with Crippen LogP contribution in [-0.2, 0) is 16.8 Å². The third kappa shape index (κ3) is 5.11. The van der Waals surface area contributed by atoms with Crippen LogP contribution in [0.1, 0.15) is 26.5 Å². The number of aromatic nitrogens is 2. The van der Waals surface area contributed by atoms with Gasteiger partial charge in [-0.1, -0.05) is 44.7 Å². The Labute approximate surface area is 169 Å². The second-order valence-corrected chi connectivity index (χ2v) is 8.65. The molecule has 0 saturated carbocycles. The van der Waals surface area contributed by atoms with Gasteiger partial charge >= 0.3 is 6.36 Å². The molecule has 10 heteroatoms. The Morgan fingerprint density at radius 2 is 1.97 bits per heavy atom. The molecule has 2 aromatic rings. The molecule has 0 aliphatic carbocycles. The Kier molecular flexibility index (Phi) is 5.66. The fourth-order valence-electron chi connectivity index (χ4n) is 2.77. The molecule has 6 nitrogen and oxygen atoms in total. The fourth-order valence-corrected chi connectivity index (χ4v) is 3.86. The van der Waals surface area contributed by atoms with Crippen LogP contribution >= 0.6 is 11.8 Å². The molecular formula is C19H20F3N3O3S. The molecule has 0 bridgehead atoms. The summed E-state index contributed by atoms with van der Waals surface area (Å²) in [5.41, 5.74) is 0.0402. The number of carbonyl (C=O) groups is 1. The minimum Gasteiger partial charge on any atom is -0.404 e. The van der Waals surface area contributed by atoms with Gasteiger partial charge in [0.15, 0.2) is 10.9 Å². The van der Waals surface area contributed by atoms with Crippen molar-refractivity contribution >= 4 is 23.4 Å². The summed E-state index contributed by atoms with van der Waals surface area (Å²) < 4.78 is 43.0. The summed E-state index contributed by atoms with van der Waals surface area (Å²) in [6.45, 7) is 5.97. The van der Waals surface area contributed by atoms with E-state index in [-0.39, 0.29) is 23.2 Å². The smallest absolute Gasteiger partial charge is 0.404 e. The quantitative estimate of drug-likeness (QED) is 0.755. The van der Waals surface area contributed by atoms with E-state index in [0.29, 0.717) is 16.6 Å². The molecule has 3 rings (SSSR count). The van der Waals surface area contributed by atoms with Gasteiger partial charge in [0, 0.05) is 23.8 Å². The van der Waals surface area contributed by atoms with Crippen molar-refractivity contribution < 1.29 is 22.7 Å².